The van der Waals surface area contributed by atoms with Crippen LogP contribution in [-0.4, -0.2) is 23.9 Å². The molecule has 0 heterocycles. The van der Waals surface area contributed by atoms with Crippen molar-refractivity contribution in [1.29, 1.82) is 5.26 Å². The first-order chi connectivity index (χ1) is 8.52. The van der Waals surface area contributed by atoms with Crippen molar-refractivity contribution in [3.05, 3.63) is 29.8 Å². The van der Waals surface area contributed by atoms with Gasteiger partial charge in [-0.2, -0.15) is 5.26 Å². The van der Waals surface area contributed by atoms with Gasteiger partial charge in [-0.05, 0) is 38.5 Å². The molecule has 0 aliphatic rings. The van der Waals surface area contributed by atoms with Crippen molar-refractivity contribution >= 4 is 0 Å². The molecule has 1 unspecified atom stereocenters. The van der Waals surface area contributed by atoms with E-state index in [0.717, 1.165) is 11.3 Å². The van der Waals surface area contributed by atoms with Crippen LogP contribution >= 0.6 is 0 Å². The topological polar surface area (TPSA) is 65.3 Å². The second-order valence-electron chi connectivity index (χ2n) is 4.75. The van der Waals surface area contributed by atoms with Gasteiger partial charge in [-0.15, -0.1) is 0 Å². The van der Waals surface area contributed by atoms with Gasteiger partial charge in [0, 0.05) is 5.54 Å². The maximum Gasteiger partial charge on any atom is 0.121 e. The molecule has 0 amide bonds. The van der Waals surface area contributed by atoms with Gasteiger partial charge < -0.3 is 9.84 Å². The molecule has 1 atom stereocenters. The monoisotopic (exact) mass is 248 g/mol. The lowest BCUT2D eigenvalue weighted by molar-refractivity contribution is 0.182. The molecule has 0 aromatic heterocycles. The summed E-state index contributed by atoms with van der Waals surface area (Å²) in [4.78, 5) is 0. The van der Waals surface area contributed by atoms with E-state index in [1.807, 2.05) is 45.0 Å². The van der Waals surface area contributed by atoms with E-state index in [4.69, 9.17) is 4.74 Å². The molecular weight excluding hydrogens is 228 g/mol. The van der Waals surface area contributed by atoms with E-state index in [9.17, 15) is 10.4 Å². The molecule has 1 aromatic carbocycles. The molecule has 0 aliphatic heterocycles. The molecule has 0 saturated heterocycles. The third kappa shape index (κ3) is 4.02. The molecule has 1 rings (SSSR count). The summed E-state index contributed by atoms with van der Waals surface area (Å²) in [7, 11) is 0. The molecule has 18 heavy (non-hydrogen) atoms. The number of hydrogen-bond donors (Lipinski definition) is 2. The fourth-order valence-corrected chi connectivity index (χ4v) is 1.55. The van der Waals surface area contributed by atoms with Gasteiger partial charge in [0.25, 0.3) is 0 Å². The number of nitrogens with zero attached hydrogens (tertiary/aromatic N) is 1. The van der Waals surface area contributed by atoms with E-state index < -0.39 is 11.6 Å². The molecule has 2 N–H and O–H groups in total. The number of rotatable bonds is 6. The van der Waals surface area contributed by atoms with Crippen molar-refractivity contribution in [2.24, 2.45) is 0 Å². The van der Waals surface area contributed by atoms with Crippen LogP contribution in [0.15, 0.2) is 24.3 Å². The van der Waals surface area contributed by atoms with Gasteiger partial charge in [0.2, 0.25) is 0 Å². The Kier molecular flexibility index (Phi) is 5.14. The van der Waals surface area contributed by atoms with Crippen LogP contribution < -0.4 is 10.1 Å². The van der Waals surface area contributed by atoms with Crippen LogP contribution in [0.2, 0.25) is 0 Å². The molecule has 98 valence electrons. The molecule has 4 heteroatoms. The first-order valence-electron chi connectivity index (χ1n) is 6.03. The number of nitrogens with one attached hydrogen (secondary N) is 1. The minimum absolute atomic E-state index is 0.0256. The Morgan fingerprint density at radius 3 is 2.44 bits per heavy atom. The molecule has 4 nitrogen and oxygen atoms in total. The van der Waals surface area contributed by atoms with Gasteiger partial charge in [-0.3, -0.25) is 5.32 Å². The number of nitriles is 1. The second-order valence-corrected chi connectivity index (χ2v) is 4.75. The van der Waals surface area contributed by atoms with Crippen LogP contribution in [0.1, 0.15) is 32.4 Å². The Hall–Kier alpha value is -1.57. The fraction of sp³-hybridized carbons (Fsp3) is 0.500. The van der Waals surface area contributed by atoms with E-state index in [1.54, 1.807) is 0 Å². The second kappa shape index (κ2) is 6.39. The highest BCUT2D eigenvalue weighted by atomic mass is 16.5. The summed E-state index contributed by atoms with van der Waals surface area (Å²) in [5.74, 6) is 0.791. The summed E-state index contributed by atoms with van der Waals surface area (Å²) in [6, 6.07) is 9.16. The normalized spacial score (nSPS) is 12.8. The summed E-state index contributed by atoms with van der Waals surface area (Å²) in [5, 5.41) is 21.5. The molecule has 0 spiro atoms. The number of aliphatic hydroxyl groups excluding tert-OH is 1. The Bertz CT molecular complexity index is 407. The van der Waals surface area contributed by atoms with Crippen molar-refractivity contribution < 1.29 is 9.84 Å². The maximum absolute atomic E-state index is 9.21. The first-order valence-corrected chi connectivity index (χ1v) is 6.03. The van der Waals surface area contributed by atoms with Gasteiger partial charge >= 0.3 is 0 Å². The Morgan fingerprint density at radius 2 is 2.00 bits per heavy atom. The Labute approximate surface area is 108 Å². The molecular formula is C14H20N2O2. The van der Waals surface area contributed by atoms with Crippen LogP contribution in [0.4, 0.5) is 0 Å². The molecule has 0 aliphatic carbocycles. The average molecular weight is 248 g/mol. The van der Waals surface area contributed by atoms with Crippen LogP contribution in [0, 0.1) is 11.3 Å². The standard InChI is InChI=1S/C14H20N2O2/c1-4-18-12-7-5-11(6-8-12)13(9-15)16-14(2,3)10-17/h5-8,13,16-17H,4,10H2,1-3H3. The first kappa shape index (κ1) is 14.5. The van der Waals surface area contributed by atoms with E-state index >= 15 is 0 Å². The van der Waals surface area contributed by atoms with Crippen LogP contribution in [0.3, 0.4) is 0 Å². The molecule has 0 fully saturated rings. The van der Waals surface area contributed by atoms with Crippen LogP contribution in [0.25, 0.3) is 0 Å². The molecule has 1 aromatic rings. The van der Waals surface area contributed by atoms with E-state index in [-0.39, 0.29) is 6.61 Å². The van der Waals surface area contributed by atoms with Gasteiger partial charge in [0.1, 0.15) is 11.8 Å². The highest BCUT2D eigenvalue weighted by Gasteiger charge is 2.22. The van der Waals surface area contributed by atoms with Gasteiger partial charge in [0.05, 0.1) is 19.3 Å². The third-order valence-electron chi connectivity index (χ3n) is 2.58. The quantitative estimate of drug-likeness (QED) is 0.808. The zero-order valence-electron chi connectivity index (χ0n) is 11.1. The minimum atomic E-state index is -0.487. The van der Waals surface area contributed by atoms with Crippen molar-refractivity contribution in [2.75, 3.05) is 13.2 Å². The minimum Gasteiger partial charge on any atom is -0.494 e. The lowest BCUT2D eigenvalue weighted by Gasteiger charge is -2.27. The molecule has 0 bridgehead atoms. The molecule has 0 radical (unpaired) electrons. The SMILES string of the molecule is CCOc1ccc(C(C#N)NC(C)(C)CO)cc1. The van der Waals surface area contributed by atoms with Crippen molar-refractivity contribution in [3.63, 3.8) is 0 Å². The number of aliphatic hydroxyl groups is 1. The summed E-state index contributed by atoms with van der Waals surface area (Å²) in [5.41, 5.74) is 0.376. The largest absolute Gasteiger partial charge is 0.494 e. The lowest BCUT2D eigenvalue weighted by Crippen LogP contribution is -2.44. The number of ether oxygens (including phenoxy) is 1. The highest BCUT2D eigenvalue weighted by molar-refractivity contribution is 5.31. The average Bonchev–Trinajstić information content (AvgIpc) is 2.37. The van der Waals surface area contributed by atoms with E-state index in [0.29, 0.717) is 6.61 Å². The van der Waals surface area contributed by atoms with Gasteiger partial charge in [-0.1, -0.05) is 12.1 Å². The zero-order chi connectivity index (χ0) is 13.6. The predicted octanol–water partition coefficient (Wildman–Crippen LogP) is 2.01. The number of hydrogen-bond acceptors (Lipinski definition) is 4. The zero-order valence-corrected chi connectivity index (χ0v) is 11.1. The Balaban J connectivity index is 2.80. The highest BCUT2D eigenvalue weighted by Crippen LogP contribution is 2.19. The van der Waals surface area contributed by atoms with Crippen molar-refractivity contribution in [1.82, 2.24) is 5.32 Å². The van der Waals surface area contributed by atoms with Crippen molar-refractivity contribution in [3.8, 4) is 11.8 Å². The van der Waals surface area contributed by atoms with Gasteiger partial charge in [0.15, 0.2) is 0 Å². The van der Waals surface area contributed by atoms with Crippen molar-refractivity contribution in [2.45, 2.75) is 32.4 Å². The summed E-state index contributed by atoms with van der Waals surface area (Å²) >= 11 is 0. The number of benzene rings is 1. The summed E-state index contributed by atoms with van der Waals surface area (Å²) < 4.78 is 5.35. The Morgan fingerprint density at radius 1 is 1.39 bits per heavy atom. The fourth-order valence-electron chi connectivity index (χ4n) is 1.55. The van der Waals surface area contributed by atoms with Crippen LogP contribution in [0.5, 0.6) is 5.75 Å². The summed E-state index contributed by atoms with van der Waals surface area (Å²) in [6.45, 7) is 6.23. The predicted molar refractivity (Wildman–Crippen MR) is 70.3 cm³/mol. The van der Waals surface area contributed by atoms with E-state index in [1.165, 1.54) is 0 Å². The maximum atomic E-state index is 9.21. The van der Waals surface area contributed by atoms with Gasteiger partial charge in [-0.25, -0.2) is 0 Å². The lowest BCUT2D eigenvalue weighted by atomic mass is 10.0. The molecule has 0 saturated carbocycles. The van der Waals surface area contributed by atoms with Crippen LogP contribution in [-0.2, 0) is 0 Å². The smallest absolute Gasteiger partial charge is 0.121 e. The summed E-state index contributed by atoms with van der Waals surface area (Å²) in [6.07, 6.45) is 0. The third-order valence-corrected chi connectivity index (χ3v) is 2.58. The van der Waals surface area contributed by atoms with E-state index in [2.05, 4.69) is 11.4 Å².